The Kier molecular flexibility index (Phi) is 8.44. The first-order chi connectivity index (χ1) is 10.2. The van der Waals surface area contributed by atoms with Crippen molar-refractivity contribution in [2.75, 3.05) is 13.6 Å². The second kappa shape index (κ2) is 9.81. The largest absolute Gasteiger partial charge is 0.303 e. The molecule has 1 aromatic rings. The molecule has 2 atom stereocenters. The minimum atomic E-state index is 0. The minimum Gasteiger partial charge on any atom is -0.303 e. The molecular formula is C19H28ClNO. The summed E-state index contributed by atoms with van der Waals surface area (Å²) in [7, 11) is 2.27. The van der Waals surface area contributed by atoms with Gasteiger partial charge in [0.2, 0.25) is 0 Å². The lowest BCUT2D eigenvalue weighted by molar-refractivity contribution is -0.104. The fraction of sp³-hybridized carbons (Fsp3) is 0.526. The van der Waals surface area contributed by atoms with Crippen LogP contribution in [0.4, 0.5) is 0 Å². The normalized spacial score (nSPS) is 22.5. The van der Waals surface area contributed by atoms with Crippen LogP contribution in [0.25, 0.3) is 6.08 Å². The Morgan fingerprint density at radius 1 is 1.27 bits per heavy atom. The molecule has 1 saturated heterocycles. The Hall–Kier alpha value is -1.12. The maximum atomic E-state index is 10.5. The SMILES string of the molecule is CCC1CCC(CCc2ccccc2C=CC=O)N(C)C1.Cl. The molecule has 3 heteroatoms. The molecule has 0 saturated carbocycles. The molecule has 0 N–H and O–H groups in total. The Labute approximate surface area is 141 Å². The molecule has 0 amide bonds. The number of halogens is 1. The van der Waals surface area contributed by atoms with Crippen molar-refractivity contribution in [1.29, 1.82) is 0 Å². The van der Waals surface area contributed by atoms with Gasteiger partial charge in [0.1, 0.15) is 6.29 Å². The van der Waals surface area contributed by atoms with Crippen LogP contribution in [0.15, 0.2) is 30.3 Å². The molecule has 2 unspecified atom stereocenters. The number of rotatable bonds is 6. The molecule has 1 aliphatic heterocycles. The van der Waals surface area contributed by atoms with E-state index in [9.17, 15) is 4.79 Å². The number of benzene rings is 1. The van der Waals surface area contributed by atoms with Gasteiger partial charge in [-0.25, -0.2) is 0 Å². The van der Waals surface area contributed by atoms with E-state index in [2.05, 4.69) is 37.1 Å². The smallest absolute Gasteiger partial charge is 0.142 e. The summed E-state index contributed by atoms with van der Waals surface area (Å²) in [5.41, 5.74) is 2.52. The van der Waals surface area contributed by atoms with Crippen molar-refractivity contribution in [3.63, 3.8) is 0 Å². The molecule has 0 aromatic heterocycles. The molecule has 0 radical (unpaired) electrons. The van der Waals surface area contributed by atoms with Gasteiger partial charge < -0.3 is 4.90 Å². The summed E-state index contributed by atoms with van der Waals surface area (Å²) in [5, 5.41) is 0. The lowest BCUT2D eigenvalue weighted by Gasteiger charge is -2.37. The molecule has 0 bridgehead atoms. The van der Waals surface area contributed by atoms with Gasteiger partial charge >= 0.3 is 0 Å². The van der Waals surface area contributed by atoms with Gasteiger partial charge in [0.15, 0.2) is 0 Å². The van der Waals surface area contributed by atoms with Crippen molar-refractivity contribution < 1.29 is 4.79 Å². The van der Waals surface area contributed by atoms with Crippen molar-refractivity contribution >= 4 is 24.8 Å². The standard InChI is InChI=1S/C19H27NO.ClH/c1-3-16-10-12-19(20(2)15-16)13-11-18-8-5-4-7-17(18)9-6-14-21;/h4-9,14,16,19H,3,10-13,15H2,1-2H3;1H. The van der Waals surface area contributed by atoms with E-state index in [-0.39, 0.29) is 12.4 Å². The van der Waals surface area contributed by atoms with Crippen LogP contribution in [0.2, 0.25) is 0 Å². The highest BCUT2D eigenvalue weighted by Crippen LogP contribution is 2.26. The highest BCUT2D eigenvalue weighted by atomic mass is 35.5. The average molecular weight is 322 g/mol. The van der Waals surface area contributed by atoms with Gasteiger partial charge in [-0.05, 0) is 55.9 Å². The minimum absolute atomic E-state index is 0. The van der Waals surface area contributed by atoms with Gasteiger partial charge in [-0.3, -0.25) is 4.79 Å². The van der Waals surface area contributed by atoms with Crippen molar-refractivity contribution in [3.8, 4) is 0 Å². The Bertz CT molecular complexity index is 486. The third-order valence-electron chi connectivity index (χ3n) is 4.81. The molecule has 1 fully saturated rings. The second-order valence-electron chi connectivity index (χ2n) is 6.18. The van der Waals surface area contributed by atoms with E-state index in [0.29, 0.717) is 6.04 Å². The summed E-state index contributed by atoms with van der Waals surface area (Å²) in [5.74, 6) is 0.883. The van der Waals surface area contributed by atoms with E-state index in [1.807, 2.05) is 12.1 Å². The summed E-state index contributed by atoms with van der Waals surface area (Å²) in [6.45, 7) is 3.54. The molecule has 1 aromatic carbocycles. The van der Waals surface area contributed by atoms with E-state index in [1.54, 1.807) is 6.08 Å². The maximum Gasteiger partial charge on any atom is 0.142 e. The summed E-state index contributed by atoms with van der Waals surface area (Å²) < 4.78 is 0. The predicted molar refractivity (Wildman–Crippen MR) is 96.5 cm³/mol. The summed E-state index contributed by atoms with van der Waals surface area (Å²) in [4.78, 5) is 13.0. The molecule has 0 aliphatic carbocycles. The quantitative estimate of drug-likeness (QED) is 0.572. The van der Waals surface area contributed by atoms with Gasteiger partial charge in [-0.15, -0.1) is 12.4 Å². The molecule has 2 rings (SSSR count). The molecule has 1 aliphatic rings. The lowest BCUT2D eigenvalue weighted by Crippen LogP contribution is -2.40. The summed E-state index contributed by atoms with van der Waals surface area (Å²) in [6.07, 6.45) is 10.6. The molecular weight excluding hydrogens is 294 g/mol. The first kappa shape index (κ1) is 18.9. The maximum absolute atomic E-state index is 10.5. The number of piperidine rings is 1. The van der Waals surface area contributed by atoms with Crippen LogP contribution in [0.3, 0.4) is 0 Å². The molecule has 22 heavy (non-hydrogen) atoms. The zero-order valence-corrected chi connectivity index (χ0v) is 14.5. The van der Waals surface area contributed by atoms with Crippen LogP contribution >= 0.6 is 12.4 Å². The predicted octanol–water partition coefficient (Wildman–Crippen LogP) is 4.37. The van der Waals surface area contributed by atoms with E-state index in [1.165, 1.54) is 43.4 Å². The van der Waals surface area contributed by atoms with Crippen molar-refractivity contribution in [2.24, 2.45) is 5.92 Å². The van der Waals surface area contributed by atoms with Crippen LogP contribution in [0.5, 0.6) is 0 Å². The van der Waals surface area contributed by atoms with Crippen molar-refractivity contribution in [1.82, 2.24) is 4.90 Å². The van der Waals surface area contributed by atoms with Crippen molar-refractivity contribution in [2.45, 2.75) is 45.1 Å². The van der Waals surface area contributed by atoms with Gasteiger partial charge in [0, 0.05) is 12.6 Å². The fourth-order valence-corrected chi connectivity index (χ4v) is 3.38. The first-order valence-corrected chi connectivity index (χ1v) is 8.14. The fourth-order valence-electron chi connectivity index (χ4n) is 3.38. The van der Waals surface area contributed by atoms with E-state index in [0.717, 1.165) is 18.6 Å². The van der Waals surface area contributed by atoms with Gasteiger partial charge in [-0.1, -0.05) is 43.7 Å². The van der Waals surface area contributed by atoms with E-state index >= 15 is 0 Å². The number of aldehydes is 1. The monoisotopic (exact) mass is 321 g/mol. The highest BCUT2D eigenvalue weighted by Gasteiger charge is 2.24. The second-order valence-corrected chi connectivity index (χ2v) is 6.18. The topological polar surface area (TPSA) is 20.3 Å². The molecule has 122 valence electrons. The van der Waals surface area contributed by atoms with Crippen LogP contribution in [-0.4, -0.2) is 30.8 Å². The number of allylic oxidation sites excluding steroid dienone is 1. The zero-order chi connectivity index (χ0) is 15.1. The Morgan fingerprint density at radius 3 is 2.73 bits per heavy atom. The molecule has 2 nitrogen and oxygen atoms in total. The van der Waals surface area contributed by atoms with Gasteiger partial charge in [0.25, 0.3) is 0 Å². The van der Waals surface area contributed by atoms with Crippen molar-refractivity contribution in [3.05, 3.63) is 41.5 Å². The Morgan fingerprint density at radius 2 is 2.05 bits per heavy atom. The molecule has 0 spiro atoms. The zero-order valence-electron chi connectivity index (χ0n) is 13.7. The first-order valence-electron chi connectivity index (χ1n) is 8.14. The van der Waals surface area contributed by atoms with Gasteiger partial charge in [-0.2, -0.15) is 0 Å². The third kappa shape index (κ3) is 5.26. The van der Waals surface area contributed by atoms with Crippen LogP contribution < -0.4 is 0 Å². The average Bonchev–Trinajstić information content (AvgIpc) is 2.52. The number of carbonyl (C=O) groups is 1. The Balaban J connectivity index is 0.00000242. The molecule has 1 heterocycles. The number of nitrogens with zero attached hydrogens (tertiary/aromatic N) is 1. The van der Waals surface area contributed by atoms with E-state index in [4.69, 9.17) is 0 Å². The van der Waals surface area contributed by atoms with Crippen LogP contribution in [-0.2, 0) is 11.2 Å². The number of likely N-dealkylation sites (tertiary alicyclic amines) is 1. The number of hydrogen-bond acceptors (Lipinski definition) is 2. The highest BCUT2D eigenvalue weighted by molar-refractivity contribution is 5.85. The number of aryl methyl sites for hydroxylation is 1. The van der Waals surface area contributed by atoms with E-state index < -0.39 is 0 Å². The number of hydrogen-bond donors (Lipinski definition) is 0. The summed E-state index contributed by atoms with van der Waals surface area (Å²) in [6, 6.07) is 9.10. The van der Waals surface area contributed by atoms with Gasteiger partial charge in [0.05, 0.1) is 0 Å². The third-order valence-corrected chi connectivity index (χ3v) is 4.81. The van der Waals surface area contributed by atoms with Crippen LogP contribution in [0.1, 0.15) is 43.7 Å². The number of carbonyl (C=O) groups excluding carboxylic acids is 1. The van der Waals surface area contributed by atoms with Crippen LogP contribution in [0, 0.1) is 5.92 Å². The summed E-state index contributed by atoms with van der Waals surface area (Å²) >= 11 is 0. The lowest BCUT2D eigenvalue weighted by atomic mass is 9.88.